The maximum atomic E-state index is 13.1. The number of esters is 1. The van der Waals surface area contributed by atoms with Gasteiger partial charge in [-0.2, -0.15) is 0 Å². The monoisotopic (exact) mass is 535 g/mol. The lowest BCUT2D eigenvalue weighted by atomic mass is 9.99. The van der Waals surface area contributed by atoms with Crippen LogP contribution < -0.4 is 10.2 Å². The van der Waals surface area contributed by atoms with Crippen molar-refractivity contribution in [1.82, 2.24) is 4.90 Å². The Balaban J connectivity index is 1.33. The Kier molecular flexibility index (Phi) is 10.1. The number of amides is 1. The first-order chi connectivity index (χ1) is 19.5. The fourth-order valence-electron chi connectivity index (χ4n) is 4.79. The van der Waals surface area contributed by atoms with Crippen molar-refractivity contribution in [2.75, 3.05) is 44.0 Å². The number of carbonyl (C=O) groups excluding carboxylic acids is 2. The van der Waals surface area contributed by atoms with Crippen LogP contribution in [0.4, 0.5) is 11.4 Å². The quantitative estimate of drug-likeness (QED) is 0.205. The molecule has 1 N–H and O–H groups in total. The summed E-state index contributed by atoms with van der Waals surface area (Å²) < 4.78 is 5.35. The van der Waals surface area contributed by atoms with E-state index in [9.17, 15) is 9.59 Å². The summed E-state index contributed by atoms with van der Waals surface area (Å²) in [4.78, 5) is 30.0. The first-order valence-corrected chi connectivity index (χ1v) is 13.7. The smallest absolute Gasteiger partial charge is 0.327 e. The highest BCUT2D eigenvalue weighted by atomic mass is 16.5. The number of anilines is 2. The van der Waals surface area contributed by atoms with Crippen molar-refractivity contribution >= 4 is 23.3 Å². The van der Waals surface area contributed by atoms with Crippen LogP contribution in [0.2, 0.25) is 0 Å². The normalized spacial score (nSPS) is 11.6. The van der Waals surface area contributed by atoms with Crippen molar-refractivity contribution in [3.8, 4) is 11.1 Å². The van der Waals surface area contributed by atoms with Gasteiger partial charge in [-0.25, -0.2) is 4.79 Å². The van der Waals surface area contributed by atoms with Gasteiger partial charge in [-0.15, -0.1) is 0 Å². The van der Waals surface area contributed by atoms with E-state index in [1.54, 1.807) is 0 Å². The summed E-state index contributed by atoms with van der Waals surface area (Å²) in [7, 11) is 4.01. The highest BCUT2D eigenvalue weighted by Gasteiger charge is 2.26. The Bertz CT molecular complexity index is 1370. The van der Waals surface area contributed by atoms with Crippen molar-refractivity contribution in [2.45, 2.75) is 19.4 Å². The number of benzene rings is 4. The van der Waals surface area contributed by atoms with Gasteiger partial charge in [0, 0.05) is 37.1 Å². The van der Waals surface area contributed by atoms with Crippen LogP contribution in [0.3, 0.4) is 0 Å². The zero-order chi connectivity index (χ0) is 28.3. The summed E-state index contributed by atoms with van der Waals surface area (Å²) in [5, 5.41) is 3.03. The number of likely N-dealkylation sites (N-methyl/N-ethyl adjacent to an activating group) is 1. The highest BCUT2D eigenvalue weighted by Crippen LogP contribution is 2.25. The van der Waals surface area contributed by atoms with Crippen LogP contribution in [0.5, 0.6) is 0 Å². The number of ether oxygens (including phenoxy) is 1. The molecular formula is C34H37N3O3. The van der Waals surface area contributed by atoms with Gasteiger partial charge in [0.15, 0.2) is 0 Å². The van der Waals surface area contributed by atoms with E-state index in [0.29, 0.717) is 12.2 Å². The van der Waals surface area contributed by atoms with Crippen molar-refractivity contribution < 1.29 is 14.3 Å². The molecule has 4 aromatic carbocycles. The topological polar surface area (TPSA) is 61.9 Å². The maximum absolute atomic E-state index is 13.1. The largest absolute Gasteiger partial charge is 0.465 e. The average Bonchev–Trinajstić information content (AvgIpc) is 2.99. The molecule has 4 aromatic rings. The van der Waals surface area contributed by atoms with Gasteiger partial charge in [-0.1, -0.05) is 78.9 Å². The van der Waals surface area contributed by atoms with Crippen LogP contribution in [0.15, 0.2) is 109 Å². The van der Waals surface area contributed by atoms with E-state index in [2.05, 4.69) is 10.2 Å². The van der Waals surface area contributed by atoms with Crippen LogP contribution in [-0.2, 0) is 9.53 Å². The van der Waals surface area contributed by atoms with Gasteiger partial charge in [0.25, 0.3) is 5.91 Å². The zero-order valence-electron chi connectivity index (χ0n) is 23.4. The minimum absolute atomic E-state index is 0.141. The molecule has 0 spiro atoms. The lowest BCUT2D eigenvalue weighted by Crippen LogP contribution is -2.34. The number of nitrogens with zero attached hydrogens (tertiary/aromatic N) is 2. The van der Waals surface area contributed by atoms with Crippen molar-refractivity contribution in [1.29, 1.82) is 0 Å². The molecule has 1 unspecified atom stereocenters. The molecule has 0 aromatic heterocycles. The van der Waals surface area contributed by atoms with Crippen molar-refractivity contribution in [3.05, 3.63) is 120 Å². The number of carbonyl (C=O) groups is 2. The molecule has 206 valence electrons. The molecule has 0 fully saturated rings. The van der Waals surface area contributed by atoms with E-state index >= 15 is 0 Å². The molecule has 0 aliphatic carbocycles. The molecule has 0 bridgehead atoms. The average molecular weight is 536 g/mol. The van der Waals surface area contributed by atoms with E-state index in [-0.39, 0.29) is 11.9 Å². The van der Waals surface area contributed by atoms with Crippen molar-refractivity contribution in [3.63, 3.8) is 0 Å². The summed E-state index contributed by atoms with van der Waals surface area (Å²) >= 11 is 0. The second-order valence-electron chi connectivity index (χ2n) is 9.73. The molecule has 6 heteroatoms. The second-order valence-corrected chi connectivity index (χ2v) is 9.73. The molecule has 1 atom stereocenters. The van der Waals surface area contributed by atoms with Crippen LogP contribution in [0.1, 0.15) is 35.3 Å². The molecule has 0 saturated carbocycles. The lowest BCUT2D eigenvalue weighted by molar-refractivity contribution is -0.149. The molecule has 4 rings (SSSR count). The molecule has 40 heavy (non-hydrogen) atoms. The third-order valence-electron chi connectivity index (χ3n) is 6.89. The molecule has 0 aliphatic rings. The first-order valence-electron chi connectivity index (χ1n) is 13.7. The second kappa shape index (κ2) is 14.1. The Hall–Kier alpha value is -4.42. The van der Waals surface area contributed by atoms with Gasteiger partial charge in [0.1, 0.15) is 6.04 Å². The minimum atomic E-state index is -0.429. The molecule has 0 aliphatic heterocycles. The molecule has 1 amide bonds. The van der Waals surface area contributed by atoms with E-state index < -0.39 is 6.04 Å². The zero-order valence-corrected chi connectivity index (χ0v) is 23.4. The molecule has 0 heterocycles. The number of hydrogen-bond acceptors (Lipinski definition) is 5. The fourth-order valence-corrected chi connectivity index (χ4v) is 4.79. The molecule has 0 saturated heterocycles. The Morgan fingerprint density at radius 1 is 0.775 bits per heavy atom. The predicted molar refractivity (Wildman–Crippen MR) is 163 cm³/mol. The standard InChI is InChI=1S/C34H37N3O3/c1-4-40-34(39)32(27-16-9-6-10-17-27)37(3)25-13-24-36(2)29-22-20-28(21-23-29)35-33(38)31-19-12-11-18-30(31)26-14-7-5-8-15-26/h5-12,14-23,32H,4,13,24-25H2,1-3H3,(H,35,38). The van der Waals surface area contributed by atoms with Crippen molar-refractivity contribution in [2.24, 2.45) is 0 Å². The Morgan fingerprint density at radius 2 is 1.40 bits per heavy atom. The van der Waals surface area contributed by atoms with Gasteiger partial charge in [-0.3, -0.25) is 9.69 Å². The lowest BCUT2D eigenvalue weighted by Gasteiger charge is -2.28. The summed E-state index contributed by atoms with van der Waals surface area (Å²) in [5.41, 5.74) is 5.27. The van der Waals surface area contributed by atoms with E-state index in [1.165, 1.54) is 0 Å². The first kappa shape index (κ1) is 28.6. The van der Waals surface area contributed by atoms with Crippen LogP contribution in [0.25, 0.3) is 11.1 Å². The Morgan fingerprint density at radius 3 is 2.08 bits per heavy atom. The predicted octanol–water partition coefficient (Wildman–Crippen LogP) is 6.67. The van der Waals surface area contributed by atoms with Crippen LogP contribution >= 0.6 is 0 Å². The van der Waals surface area contributed by atoms with Gasteiger partial charge in [0.2, 0.25) is 0 Å². The fraction of sp³-hybridized carbons (Fsp3) is 0.235. The highest BCUT2D eigenvalue weighted by molar-refractivity contribution is 6.08. The van der Waals surface area contributed by atoms with Crippen LogP contribution in [-0.4, -0.2) is 50.6 Å². The molecule has 0 radical (unpaired) electrons. The number of nitrogens with one attached hydrogen (secondary N) is 1. The van der Waals surface area contributed by atoms with Crippen LogP contribution in [0, 0.1) is 0 Å². The third kappa shape index (κ3) is 7.36. The SMILES string of the molecule is CCOC(=O)C(c1ccccc1)N(C)CCCN(C)c1ccc(NC(=O)c2ccccc2-c2ccccc2)cc1. The van der Waals surface area contributed by atoms with E-state index in [4.69, 9.17) is 4.74 Å². The summed E-state index contributed by atoms with van der Waals surface area (Å²) in [6.07, 6.45) is 0.866. The van der Waals surface area contributed by atoms with Gasteiger partial charge in [-0.05, 0) is 67.4 Å². The maximum Gasteiger partial charge on any atom is 0.327 e. The van der Waals surface area contributed by atoms with Gasteiger partial charge >= 0.3 is 5.97 Å². The van der Waals surface area contributed by atoms with Gasteiger partial charge < -0.3 is 15.0 Å². The summed E-state index contributed by atoms with van der Waals surface area (Å²) in [6, 6.07) is 34.8. The summed E-state index contributed by atoms with van der Waals surface area (Å²) in [6.45, 7) is 3.73. The van der Waals surface area contributed by atoms with E-state index in [0.717, 1.165) is 47.6 Å². The Labute approximate surface area is 237 Å². The third-order valence-corrected chi connectivity index (χ3v) is 6.89. The number of hydrogen-bond donors (Lipinski definition) is 1. The van der Waals surface area contributed by atoms with Gasteiger partial charge in [0.05, 0.1) is 6.61 Å². The number of rotatable bonds is 12. The molecular weight excluding hydrogens is 498 g/mol. The minimum Gasteiger partial charge on any atom is -0.465 e. The molecule has 6 nitrogen and oxygen atoms in total. The summed E-state index contributed by atoms with van der Waals surface area (Å²) in [5.74, 6) is -0.369. The van der Waals surface area contributed by atoms with E-state index in [1.807, 2.05) is 135 Å².